The van der Waals surface area contributed by atoms with Crippen molar-refractivity contribution in [2.75, 3.05) is 11.9 Å². The second-order valence-electron chi connectivity index (χ2n) is 3.40. The van der Waals surface area contributed by atoms with Gasteiger partial charge in [-0.3, -0.25) is 0 Å². The molecule has 1 rings (SSSR count). The first-order valence-corrected chi connectivity index (χ1v) is 4.97. The van der Waals surface area contributed by atoms with Crippen LogP contribution in [0.4, 0.5) is 5.69 Å². The van der Waals surface area contributed by atoms with E-state index in [2.05, 4.69) is 5.32 Å². The minimum atomic E-state index is -0.928. The van der Waals surface area contributed by atoms with Crippen molar-refractivity contribution in [3.05, 3.63) is 29.8 Å². The molecule has 0 saturated carbocycles. The summed E-state index contributed by atoms with van der Waals surface area (Å²) in [7, 11) is 0. The van der Waals surface area contributed by atoms with Crippen molar-refractivity contribution in [2.45, 2.75) is 19.4 Å². The van der Waals surface area contributed by atoms with Gasteiger partial charge in [-0.05, 0) is 18.6 Å². The fourth-order valence-corrected chi connectivity index (χ4v) is 1.21. The van der Waals surface area contributed by atoms with Gasteiger partial charge in [0.2, 0.25) is 0 Å². The second-order valence-corrected chi connectivity index (χ2v) is 3.40. The molecule has 1 unspecified atom stereocenters. The Morgan fingerprint density at radius 1 is 1.53 bits per heavy atom. The molecule has 0 saturated heterocycles. The summed E-state index contributed by atoms with van der Waals surface area (Å²) in [4.78, 5) is 10.9. The average molecular weight is 208 g/mol. The van der Waals surface area contributed by atoms with Gasteiger partial charge in [0.05, 0.1) is 5.56 Å². The molecule has 82 valence electrons. The smallest absolute Gasteiger partial charge is 0.337 e. The third-order valence-electron chi connectivity index (χ3n) is 2.24. The number of hydrogen-bond donors (Lipinski definition) is 3. The summed E-state index contributed by atoms with van der Waals surface area (Å²) >= 11 is 0. The Kier molecular flexibility index (Phi) is 4.12. The quantitative estimate of drug-likeness (QED) is 0.686. The van der Waals surface area contributed by atoms with Gasteiger partial charge >= 0.3 is 5.97 Å². The summed E-state index contributed by atoms with van der Waals surface area (Å²) in [5, 5.41) is 12.0. The molecule has 0 amide bonds. The van der Waals surface area contributed by atoms with Crippen LogP contribution in [0.5, 0.6) is 0 Å². The van der Waals surface area contributed by atoms with Crippen LogP contribution in [0.3, 0.4) is 0 Å². The van der Waals surface area contributed by atoms with Crippen LogP contribution in [0, 0.1) is 0 Å². The predicted molar refractivity (Wildman–Crippen MR) is 60.2 cm³/mol. The maximum Gasteiger partial charge on any atom is 0.337 e. The molecule has 0 aliphatic heterocycles. The van der Waals surface area contributed by atoms with E-state index in [0.29, 0.717) is 12.2 Å². The molecule has 0 fully saturated rings. The third-order valence-corrected chi connectivity index (χ3v) is 2.24. The molecule has 1 aromatic rings. The Morgan fingerprint density at radius 2 is 2.20 bits per heavy atom. The number of para-hydroxylation sites is 1. The summed E-state index contributed by atoms with van der Waals surface area (Å²) in [5.41, 5.74) is 6.63. The number of rotatable bonds is 5. The molecule has 0 spiro atoms. The van der Waals surface area contributed by atoms with Crippen molar-refractivity contribution < 1.29 is 9.90 Å². The third kappa shape index (κ3) is 3.25. The van der Waals surface area contributed by atoms with Crippen molar-refractivity contribution in [1.29, 1.82) is 0 Å². The van der Waals surface area contributed by atoms with Crippen LogP contribution in [0.1, 0.15) is 23.7 Å². The van der Waals surface area contributed by atoms with E-state index in [9.17, 15) is 4.79 Å². The standard InChI is InChI=1S/C11H16N2O2/c1-2-8(12)7-13-10-6-4-3-5-9(10)11(14)15/h3-6,8,13H,2,7,12H2,1H3,(H,14,15). The first-order valence-electron chi connectivity index (χ1n) is 4.97. The van der Waals surface area contributed by atoms with E-state index in [1.54, 1.807) is 24.3 Å². The Morgan fingerprint density at radius 3 is 2.80 bits per heavy atom. The van der Waals surface area contributed by atoms with Gasteiger partial charge in [-0.1, -0.05) is 19.1 Å². The number of nitrogens with one attached hydrogen (secondary N) is 1. The predicted octanol–water partition coefficient (Wildman–Crippen LogP) is 1.53. The minimum Gasteiger partial charge on any atom is -0.478 e. The fraction of sp³-hybridized carbons (Fsp3) is 0.364. The number of carboxylic acids is 1. The number of nitrogens with two attached hydrogens (primary N) is 1. The first kappa shape index (κ1) is 11.5. The lowest BCUT2D eigenvalue weighted by atomic mass is 10.1. The molecule has 0 bridgehead atoms. The Hall–Kier alpha value is -1.55. The Bertz CT molecular complexity index is 339. The zero-order valence-electron chi connectivity index (χ0n) is 8.73. The van der Waals surface area contributed by atoms with Crippen molar-refractivity contribution in [3.63, 3.8) is 0 Å². The molecule has 15 heavy (non-hydrogen) atoms. The van der Waals surface area contributed by atoms with Crippen LogP contribution < -0.4 is 11.1 Å². The van der Waals surface area contributed by atoms with Crippen LogP contribution in [-0.4, -0.2) is 23.7 Å². The van der Waals surface area contributed by atoms with Gasteiger partial charge < -0.3 is 16.2 Å². The number of aromatic carboxylic acids is 1. The monoisotopic (exact) mass is 208 g/mol. The zero-order chi connectivity index (χ0) is 11.3. The molecule has 4 N–H and O–H groups in total. The summed E-state index contributed by atoms with van der Waals surface area (Å²) < 4.78 is 0. The van der Waals surface area contributed by atoms with Crippen LogP contribution in [0.2, 0.25) is 0 Å². The van der Waals surface area contributed by atoms with Gasteiger partial charge in [0.15, 0.2) is 0 Å². The fourth-order valence-electron chi connectivity index (χ4n) is 1.21. The first-order chi connectivity index (χ1) is 7.15. The summed E-state index contributed by atoms with van der Waals surface area (Å²) in [6.07, 6.45) is 0.863. The van der Waals surface area contributed by atoms with Gasteiger partial charge in [-0.15, -0.1) is 0 Å². The van der Waals surface area contributed by atoms with Crippen molar-refractivity contribution in [1.82, 2.24) is 0 Å². The lowest BCUT2D eigenvalue weighted by molar-refractivity contribution is 0.0698. The maximum absolute atomic E-state index is 10.9. The van der Waals surface area contributed by atoms with E-state index in [1.807, 2.05) is 6.92 Å². The molecule has 0 heterocycles. The van der Waals surface area contributed by atoms with Crippen molar-refractivity contribution >= 4 is 11.7 Å². The van der Waals surface area contributed by atoms with E-state index < -0.39 is 5.97 Å². The van der Waals surface area contributed by atoms with E-state index in [-0.39, 0.29) is 11.6 Å². The van der Waals surface area contributed by atoms with Gasteiger partial charge in [0, 0.05) is 18.3 Å². The van der Waals surface area contributed by atoms with Gasteiger partial charge in [0.1, 0.15) is 0 Å². The highest BCUT2D eigenvalue weighted by molar-refractivity contribution is 5.94. The average Bonchev–Trinajstić information content (AvgIpc) is 2.26. The molecule has 0 aliphatic carbocycles. The molecule has 0 aromatic heterocycles. The zero-order valence-corrected chi connectivity index (χ0v) is 8.73. The number of benzene rings is 1. The van der Waals surface area contributed by atoms with Gasteiger partial charge in [-0.25, -0.2) is 4.79 Å². The molecular formula is C11H16N2O2. The number of carboxylic acid groups (broad SMARTS) is 1. The lowest BCUT2D eigenvalue weighted by Crippen LogP contribution is -2.28. The van der Waals surface area contributed by atoms with E-state index >= 15 is 0 Å². The second kappa shape index (κ2) is 5.36. The van der Waals surface area contributed by atoms with Crippen LogP contribution in [0.15, 0.2) is 24.3 Å². The molecule has 1 aromatic carbocycles. The molecule has 4 heteroatoms. The summed E-state index contributed by atoms with van der Waals surface area (Å²) in [5.74, 6) is -0.928. The van der Waals surface area contributed by atoms with Crippen LogP contribution >= 0.6 is 0 Å². The topological polar surface area (TPSA) is 75.3 Å². The van der Waals surface area contributed by atoms with E-state index in [4.69, 9.17) is 10.8 Å². The highest BCUT2D eigenvalue weighted by Crippen LogP contribution is 2.14. The number of anilines is 1. The van der Waals surface area contributed by atoms with Gasteiger partial charge in [0.25, 0.3) is 0 Å². The van der Waals surface area contributed by atoms with E-state index in [0.717, 1.165) is 6.42 Å². The van der Waals surface area contributed by atoms with E-state index in [1.165, 1.54) is 0 Å². The molecule has 0 radical (unpaired) electrons. The molecule has 4 nitrogen and oxygen atoms in total. The maximum atomic E-state index is 10.9. The lowest BCUT2D eigenvalue weighted by Gasteiger charge is -2.13. The SMILES string of the molecule is CCC(N)CNc1ccccc1C(=O)O. The minimum absolute atomic E-state index is 0.0480. The highest BCUT2D eigenvalue weighted by atomic mass is 16.4. The molecule has 1 atom stereocenters. The molecule has 0 aliphatic rings. The van der Waals surface area contributed by atoms with Crippen molar-refractivity contribution in [3.8, 4) is 0 Å². The normalized spacial score (nSPS) is 12.1. The highest BCUT2D eigenvalue weighted by Gasteiger charge is 2.08. The van der Waals surface area contributed by atoms with Crippen molar-refractivity contribution in [2.24, 2.45) is 5.73 Å². The van der Waals surface area contributed by atoms with Crippen LogP contribution in [-0.2, 0) is 0 Å². The summed E-state index contributed by atoms with van der Waals surface area (Å²) in [6.45, 7) is 2.58. The largest absolute Gasteiger partial charge is 0.478 e. The number of hydrogen-bond acceptors (Lipinski definition) is 3. The Balaban J connectivity index is 2.72. The van der Waals surface area contributed by atoms with Crippen LogP contribution in [0.25, 0.3) is 0 Å². The Labute approximate surface area is 89.1 Å². The number of carbonyl (C=O) groups is 1. The van der Waals surface area contributed by atoms with Gasteiger partial charge in [-0.2, -0.15) is 0 Å². The summed E-state index contributed by atoms with van der Waals surface area (Å²) in [6, 6.07) is 6.86. The molecular weight excluding hydrogens is 192 g/mol.